The second kappa shape index (κ2) is 14.6. The molecule has 9 nitrogen and oxygen atoms in total. The number of nitrogens with one attached hydrogen (secondary N) is 3. The van der Waals surface area contributed by atoms with Gasteiger partial charge >= 0.3 is 6.09 Å². The number of rotatable bonds is 12. The minimum absolute atomic E-state index is 0.0122. The van der Waals surface area contributed by atoms with Crippen LogP contribution in [0, 0.1) is 17.6 Å². The molecule has 1 aliphatic carbocycles. The van der Waals surface area contributed by atoms with Crippen molar-refractivity contribution in [3.05, 3.63) is 105 Å². The molecule has 1 saturated heterocycles. The molecule has 2 atom stereocenters. The van der Waals surface area contributed by atoms with E-state index in [1.165, 1.54) is 13.2 Å². The fourth-order valence-electron chi connectivity index (χ4n) is 6.13. The summed E-state index contributed by atoms with van der Waals surface area (Å²) in [7, 11) is 1.31. The molecule has 3 N–H and O–H groups in total. The summed E-state index contributed by atoms with van der Waals surface area (Å²) in [6.45, 7) is 2.13. The molecule has 0 spiro atoms. The standard InChI is InChI=1S/C35H34Cl2F2N4O5/c1-46-34(45)41-16-20-2-7-27(36)22(14-20)17-42-35(11-12-35)33(44)26-18-40-13-10-25(26)21-3-5-23(6-4-21)47-19-24-15-30(43-48-24)31-28(38)8-9-29(39)32(31)37/h2-9,14-15,25-26,40,42H,10-13,16-19H2,1H3,(H,41,45)/t25-,26+/m1/s1. The molecule has 0 radical (unpaired) electrons. The van der Waals surface area contributed by atoms with Gasteiger partial charge in [-0.1, -0.05) is 52.6 Å². The molecule has 48 heavy (non-hydrogen) atoms. The molecule has 0 unspecified atom stereocenters. The fourth-order valence-corrected chi connectivity index (χ4v) is 6.57. The number of hydrogen-bond donors (Lipinski definition) is 3. The van der Waals surface area contributed by atoms with E-state index >= 15 is 0 Å². The van der Waals surface area contributed by atoms with E-state index in [4.69, 9.17) is 32.5 Å². The van der Waals surface area contributed by atoms with Crippen molar-refractivity contribution in [3.8, 4) is 17.0 Å². The SMILES string of the molecule is COC(=O)NCc1ccc(Cl)c(CNC2(C(=O)[C@H]3CNCC[C@@H]3c3ccc(OCc4cc(-c5c(F)ccc(F)c5Cl)no4)cc3)CC2)c1. The Kier molecular flexibility index (Phi) is 10.3. The van der Waals surface area contributed by atoms with Crippen molar-refractivity contribution in [1.29, 1.82) is 0 Å². The molecule has 2 aliphatic rings. The van der Waals surface area contributed by atoms with Crippen LogP contribution in [0.3, 0.4) is 0 Å². The zero-order chi connectivity index (χ0) is 33.8. The third-order valence-electron chi connectivity index (χ3n) is 8.94. The lowest BCUT2D eigenvalue weighted by Crippen LogP contribution is -2.49. The number of halogens is 4. The number of carbonyl (C=O) groups is 2. The lowest BCUT2D eigenvalue weighted by Gasteiger charge is -2.34. The van der Waals surface area contributed by atoms with Crippen LogP contribution < -0.4 is 20.7 Å². The maximum atomic E-state index is 14.3. The van der Waals surface area contributed by atoms with Crippen molar-refractivity contribution in [2.24, 2.45) is 5.92 Å². The van der Waals surface area contributed by atoms with Gasteiger partial charge in [0.1, 0.15) is 29.7 Å². The predicted molar refractivity (Wildman–Crippen MR) is 176 cm³/mol. The van der Waals surface area contributed by atoms with E-state index in [0.29, 0.717) is 36.2 Å². The van der Waals surface area contributed by atoms with Crippen LogP contribution in [-0.2, 0) is 29.2 Å². The first kappa shape index (κ1) is 33.9. The molecule has 252 valence electrons. The fraction of sp³-hybridized carbons (Fsp3) is 0.343. The van der Waals surface area contributed by atoms with E-state index in [1.807, 2.05) is 36.4 Å². The molecule has 1 aliphatic heterocycles. The normalized spacial score (nSPS) is 18.3. The number of ketones is 1. The van der Waals surface area contributed by atoms with Gasteiger partial charge < -0.3 is 29.9 Å². The van der Waals surface area contributed by atoms with Gasteiger partial charge in [-0.3, -0.25) is 4.79 Å². The Morgan fingerprint density at radius 3 is 2.56 bits per heavy atom. The van der Waals surface area contributed by atoms with Crippen molar-refractivity contribution in [2.75, 3.05) is 20.2 Å². The van der Waals surface area contributed by atoms with Gasteiger partial charge in [0.25, 0.3) is 0 Å². The van der Waals surface area contributed by atoms with Crippen molar-refractivity contribution in [3.63, 3.8) is 0 Å². The summed E-state index contributed by atoms with van der Waals surface area (Å²) < 4.78 is 43.9. The highest BCUT2D eigenvalue weighted by molar-refractivity contribution is 6.33. The number of alkyl carbamates (subject to hydrolysis) is 1. The summed E-state index contributed by atoms with van der Waals surface area (Å²) in [6.07, 6.45) is 1.81. The van der Waals surface area contributed by atoms with Gasteiger partial charge in [0.2, 0.25) is 0 Å². The highest BCUT2D eigenvalue weighted by atomic mass is 35.5. The molecule has 2 fully saturated rings. The highest BCUT2D eigenvalue weighted by Gasteiger charge is 2.53. The van der Waals surface area contributed by atoms with Gasteiger partial charge in [-0.05, 0) is 78.7 Å². The smallest absolute Gasteiger partial charge is 0.407 e. The minimum Gasteiger partial charge on any atom is -0.486 e. The molecule has 1 amide bonds. The molecule has 1 aromatic heterocycles. The average Bonchev–Trinajstić information content (AvgIpc) is 3.76. The van der Waals surface area contributed by atoms with Crippen molar-refractivity contribution in [2.45, 2.75) is 50.4 Å². The van der Waals surface area contributed by atoms with Crippen LogP contribution in [-0.4, -0.2) is 42.8 Å². The first-order chi connectivity index (χ1) is 23.2. The Labute approximate surface area is 286 Å². The van der Waals surface area contributed by atoms with E-state index in [9.17, 15) is 18.4 Å². The van der Waals surface area contributed by atoms with Gasteiger partial charge in [0.15, 0.2) is 11.5 Å². The average molecular weight is 700 g/mol. The number of methoxy groups -OCH3 is 1. The summed E-state index contributed by atoms with van der Waals surface area (Å²) >= 11 is 12.4. The van der Waals surface area contributed by atoms with Crippen molar-refractivity contribution < 1.29 is 32.4 Å². The number of carbonyl (C=O) groups excluding carboxylic acids is 2. The van der Waals surface area contributed by atoms with Crippen molar-refractivity contribution in [1.82, 2.24) is 21.1 Å². The van der Waals surface area contributed by atoms with Gasteiger partial charge in [-0.2, -0.15) is 0 Å². The predicted octanol–water partition coefficient (Wildman–Crippen LogP) is 6.95. The lowest BCUT2D eigenvalue weighted by molar-refractivity contribution is -0.127. The maximum Gasteiger partial charge on any atom is 0.407 e. The molecule has 13 heteroatoms. The highest BCUT2D eigenvalue weighted by Crippen LogP contribution is 2.43. The molecule has 2 heterocycles. The van der Waals surface area contributed by atoms with Gasteiger partial charge in [-0.25, -0.2) is 13.6 Å². The molecular weight excluding hydrogens is 665 g/mol. The topological polar surface area (TPSA) is 115 Å². The summed E-state index contributed by atoms with van der Waals surface area (Å²) in [5.41, 5.74) is 2.05. The van der Waals surface area contributed by atoms with Gasteiger partial charge in [0, 0.05) is 36.6 Å². The molecule has 6 rings (SSSR count). The summed E-state index contributed by atoms with van der Waals surface area (Å²) in [4.78, 5) is 25.5. The third kappa shape index (κ3) is 7.49. The number of ether oxygens (including phenoxy) is 2. The van der Waals surface area contributed by atoms with Crippen LogP contribution in [0.1, 0.15) is 47.6 Å². The summed E-state index contributed by atoms with van der Waals surface area (Å²) in [6, 6.07) is 16.6. The Balaban J connectivity index is 1.07. The molecule has 4 aromatic rings. The second-order valence-electron chi connectivity index (χ2n) is 12.0. The van der Waals surface area contributed by atoms with E-state index in [0.717, 1.165) is 54.6 Å². The minimum atomic E-state index is -0.756. The monoisotopic (exact) mass is 698 g/mol. The van der Waals surface area contributed by atoms with E-state index in [2.05, 4.69) is 25.8 Å². The van der Waals surface area contributed by atoms with Crippen LogP contribution >= 0.6 is 23.2 Å². The van der Waals surface area contributed by atoms with E-state index < -0.39 is 23.3 Å². The number of amides is 1. The van der Waals surface area contributed by atoms with Crippen LogP contribution in [0.15, 0.2) is 65.2 Å². The van der Waals surface area contributed by atoms with E-state index in [-0.39, 0.29) is 40.5 Å². The number of piperidine rings is 1. The Hall–Kier alpha value is -4.03. The molecule has 3 aromatic carbocycles. The number of hydrogen-bond acceptors (Lipinski definition) is 8. The van der Waals surface area contributed by atoms with Crippen LogP contribution in [0.2, 0.25) is 10.0 Å². The zero-order valence-electron chi connectivity index (χ0n) is 26.1. The molecule has 1 saturated carbocycles. The summed E-state index contributed by atoms with van der Waals surface area (Å²) in [5, 5.41) is 13.6. The maximum absolute atomic E-state index is 14.3. The first-order valence-corrected chi connectivity index (χ1v) is 16.3. The van der Waals surface area contributed by atoms with Crippen LogP contribution in [0.4, 0.5) is 13.6 Å². The zero-order valence-corrected chi connectivity index (χ0v) is 27.6. The van der Waals surface area contributed by atoms with Gasteiger partial charge in [-0.15, -0.1) is 0 Å². The Morgan fingerprint density at radius 1 is 1.04 bits per heavy atom. The third-order valence-corrected chi connectivity index (χ3v) is 9.68. The quantitative estimate of drug-likeness (QED) is 0.136. The van der Waals surface area contributed by atoms with Gasteiger partial charge in [0.05, 0.1) is 23.2 Å². The van der Waals surface area contributed by atoms with Crippen LogP contribution in [0.25, 0.3) is 11.3 Å². The van der Waals surface area contributed by atoms with Crippen LogP contribution in [0.5, 0.6) is 5.75 Å². The lowest BCUT2D eigenvalue weighted by atomic mass is 9.76. The number of benzene rings is 3. The summed E-state index contributed by atoms with van der Waals surface area (Å²) in [5.74, 6) is -0.572. The Morgan fingerprint density at radius 2 is 1.81 bits per heavy atom. The number of nitrogens with zero attached hydrogens (tertiary/aromatic N) is 1. The van der Waals surface area contributed by atoms with Crippen molar-refractivity contribution >= 4 is 35.1 Å². The Bertz CT molecular complexity index is 1800. The number of Topliss-reactive ketones (excluding diaryl/α,β-unsaturated/α-hetero) is 1. The number of aromatic nitrogens is 1. The molecular formula is C35H34Cl2F2N4O5. The first-order valence-electron chi connectivity index (χ1n) is 15.6. The second-order valence-corrected chi connectivity index (χ2v) is 12.8. The largest absolute Gasteiger partial charge is 0.486 e. The van der Waals surface area contributed by atoms with E-state index in [1.54, 1.807) is 6.07 Å². The molecule has 0 bridgehead atoms.